The highest BCUT2D eigenvalue weighted by Crippen LogP contribution is 2.24. The standard InChI is InChI=1S/C24H20ClFN4O3S/c1-30-14-13-27-23(30)22(16-9-11-18(25)12-10-16)28-24(31)17-5-4-6-19(15-17)34(32,33)29-21-8-3-2-7-20(21)26/h2-15,22,29H,1H3,(H,28,31)/t22-/m1/s1. The van der Waals surface area contributed by atoms with Crippen molar-refractivity contribution >= 4 is 33.2 Å². The van der Waals surface area contributed by atoms with Gasteiger partial charge in [0.1, 0.15) is 17.7 Å². The molecule has 4 aromatic rings. The first-order valence-corrected chi connectivity index (χ1v) is 12.0. The average Bonchev–Trinajstić information content (AvgIpc) is 3.25. The predicted octanol–water partition coefficient (Wildman–Crippen LogP) is 4.53. The number of aromatic nitrogens is 2. The van der Waals surface area contributed by atoms with Gasteiger partial charge in [-0.15, -0.1) is 0 Å². The fraction of sp³-hybridized carbons (Fsp3) is 0.0833. The van der Waals surface area contributed by atoms with E-state index in [9.17, 15) is 17.6 Å². The number of hydrogen-bond donors (Lipinski definition) is 2. The lowest BCUT2D eigenvalue weighted by atomic mass is 10.1. The molecule has 1 aromatic heterocycles. The first-order chi connectivity index (χ1) is 16.2. The Morgan fingerprint density at radius 1 is 1.06 bits per heavy atom. The number of carbonyl (C=O) groups excluding carboxylic acids is 1. The maximum Gasteiger partial charge on any atom is 0.262 e. The van der Waals surface area contributed by atoms with Crippen LogP contribution in [0.15, 0.2) is 90.1 Å². The van der Waals surface area contributed by atoms with E-state index >= 15 is 0 Å². The molecule has 10 heteroatoms. The molecule has 174 valence electrons. The van der Waals surface area contributed by atoms with Crippen LogP contribution in [0, 0.1) is 5.82 Å². The molecule has 0 aliphatic rings. The summed E-state index contributed by atoms with van der Waals surface area (Å²) in [5.74, 6) is -0.632. The minimum Gasteiger partial charge on any atom is -0.338 e. The molecule has 0 aliphatic carbocycles. The molecular weight excluding hydrogens is 479 g/mol. The second kappa shape index (κ2) is 9.66. The molecule has 0 bridgehead atoms. The maximum absolute atomic E-state index is 13.9. The van der Waals surface area contributed by atoms with E-state index in [2.05, 4.69) is 15.0 Å². The number of aryl methyl sites for hydroxylation is 1. The third-order valence-corrected chi connectivity index (χ3v) is 6.74. The molecule has 0 saturated heterocycles. The summed E-state index contributed by atoms with van der Waals surface area (Å²) in [4.78, 5) is 17.3. The largest absolute Gasteiger partial charge is 0.338 e. The molecule has 0 aliphatic heterocycles. The van der Waals surface area contributed by atoms with Crippen molar-refractivity contribution in [3.63, 3.8) is 0 Å². The summed E-state index contributed by atoms with van der Waals surface area (Å²) in [6.45, 7) is 0. The summed E-state index contributed by atoms with van der Waals surface area (Å²) in [5.41, 5.74) is 0.677. The Morgan fingerprint density at radius 3 is 2.47 bits per heavy atom. The normalized spacial score (nSPS) is 12.2. The lowest BCUT2D eigenvalue weighted by molar-refractivity contribution is 0.0941. The molecule has 1 amide bonds. The van der Waals surface area contributed by atoms with Gasteiger partial charge in [-0.2, -0.15) is 0 Å². The maximum atomic E-state index is 13.9. The number of nitrogens with one attached hydrogen (secondary N) is 2. The zero-order valence-electron chi connectivity index (χ0n) is 17.9. The summed E-state index contributed by atoms with van der Waals surface area (Å²) in [6.07, 6.45) is 3.37. The van der Waals surface area contributed by atoms with Gasteiger partial charge in [-0.3, -0.25) is 9.52 Å². The van der Waals surface area contributed by atoms with Crippen molar-refractivity contribution in [2.75, 3.05) is 4.72 Å². The van der Waals surface area contributed by atoms with E-state index in [1.54, 1.807) is 48.3 Å². The molecule has 0 unspecified atom stereocenters. The number of sulfonamides is 1. The van der Waals surface area contributed by atoms with E-state index in [1.165, 1.54) is 42.5 Å². The molecular formula is C24H20ClFN4O3S. The number of imidazole rings is 1. The van der Waals surface area contributed by atoms with Crippen LogP contribution in [0.4, 0.5) is 10.1 Å². The molecule has 2 N–H and O–H groups in total. The summed E-state index contributed by atoms with van der Waals surface area (Å²) in [6, 6.07) is 17.3. The van der Waals surface area contributed by atoms with Gasteiger partial charge in [0.25, 0.3) is 15.9 Å². The van der Waals surface area contributed by atoms with Gasteiger partial charge in [0.15, 0.2) is 0 Å². The molecule has 3 aromatic carbocycles. The van der Waals surface area contributed by atoms with E-state index in [4.69, 9.17) is 11.6 Å². The van der Waals surface area contributed by atoms with Crippen LogP contribution in [0.5, 0.6) is 0 Å². The third kappa shape index (κ3) is 5.11. The smallest absolute Gasteiger partial charge is 0.262 e. The number of carbonyl (C=O) groups is 1. The quantitative estimate of drug-likeness (QED) is 0.391. The number of hydrogen-bond acceptors (Lipinski definition) is 4. The summed E-state index contributed by atoms with van der Waals surface area (Å²) in [5, 5.41) is 3.46. The minimum atomic E-state index is -4.13. The number of benzene rings is 3. The molecule has 4 rings (SSSR count). The average molecular weight is 499 g/mol. The third-order valence-electron chi connectivity index (χ3n) is 5.12. The Balaban J connectivity index is 1.62. The fourth-order valence-corrected chi connectivity index (χ4v) is 4.61. The Hall–Kier alpha value is -3.69. The van der Waals surface area contributed by atoms with Crippen LogP contribution in [0.3, 0.4) is 0 Å². The summed E-state index contributed by atoms with van der Waals surface area (Å²) < 4.78 is 43.5. The Bertz CT molecular complexity index is 1440. The molecule has 34 heavy (non-hydrogen) atoms. The van der Waals surface area contributed by atoms with Crippen LogP contribution in [-0.2, 0) is 17.1 Å². The van der Waals surface area contributed by atoms with E-state index in [-0.39, 0.29) is 16.1 Å². The van der Waals surface area contributed by atoms with E-state index in [1.807, 2.05) is 0 Å². The van der Waals surface area contributed by atoms with Gasteiger partial charge in [0.2, 0.25) is 0 Å². The number of rotatable bonds is 7. The zero-order chi connectivity index (χ0) is 24.3. The molecule has 0 radical (unpaired) electrons. The lowest BCUT2D eigenvalue weighted by Gasteiger charge is -2.19. The number of nitrogens with zero attached hydrogens (tertiary/aromatic N) is 2. The van der Waals surface area contributed by atoms with Crippen molar-refractivity contribution in [3.05, 3.63) is 113 Å². The van der Waals surface area contributed by atoms with Crippen molar-refractivity contribution in [2.24, 2.45) is 7.05 Å². The summed E-state index contributed by atoms with van der Waals surface area (Å²) in [7, 11) is -2.32. The monoisotopic (exact) mass is 498 g/mol. The zero-order valence-corrected chi connectivity index (χ0v) is 19.5. The molecule has 0 fully saturated rings. The second-order valence-electron chi connectivity index (χ2n) is 7.47. The van der Waals surface area contributed by atoms with Crippen molar-refractivity contribution < 1.29 is 17.6 Å². The lowest BCUT2D eigenvalue weighted by Crippen LogP contribution is -2.31. The minimum absolute atomic E-state index is 0.115. The molecule has 7 nitrogen and oxygen atoms in total. The van der Waals surface area contributed by atoms with E-state index in [0.29, 0.717) is 10.8 Å². The van der Waals surface area contributed by atoms with Crippen molar-refractivity contribution in [1.29, 1.82) is 0 Å². The van der Waals surface area contributed by atoms with Crippen LogP contribution < -0.4 is 10.0 Å². The van der Waals surface area contributed by atoms with Crippen LogP contribution in [-0.4, -0.2) is 23.9 Å². The highest BCUT2D eigenvalue weighted by molar-refractivity contribution is 7.92. The number of para-hydroxylation sites is 1. The topological polar surface area (TPSA) is 93.1 Å². The van der Waals surface area contributed by atoms with Gasteiger partial charge in [-0.1, -0.05) is 41.9 Å². The summed E-state index contributed by atoms with van der Waals surface area (Å²) >= 11 is 6.01. The molecule has 1 atom stereocenters. The van der Waals surface area contributed by atoms with Crippen LogP contribution in [0.25, 0.3) is 0 Å². The second-order valence-corrected chi connectivity index (χ2v) is 9.59. The van der Waals surface area contributed by atoms with Crippen LogP contribution in [0.1, 0.15) is 27.8 Å². The molecule has 0 saturated carbocycles. The van der Waals surface area contributed by atoms with Crippen LogP contribution in [0.2, 0.25) is 5.02 Å². The van der Waals surface area contributed by atoms with Gasteiger partial charge in [-0.25, -0.2) is 17.8 Å². The Kier molecular flexibility index (Phi) is 6.67. The van der Waals surface area contributed by atoms with Crippen molar-refractivity contribution in [1.82, 2.24) is 14.9 Å². The number of amides is 1. The highest BCUT2D eigenvalue weighted by Gasteiger charge is 2.23. The van der Waals surface area contributed by atoms with Crippen molar-refractivity contribution in [2.45, 2.75) is 10.9 Å². The van der Waals surface area contributed by atoms with Gasteiger partial charge in [0.05, 0.1) is 10.6 Å². The van der Waals surface area contributed by atoms with Gasteiger partial charge in [-0.05, 0) is 48.0 Å². The van der Waals surface area contributed by atoms with E-state index in [0.717, 1.165) is 11.6 Å². The first kappa shape index (κ1) is 23.5. The predicted molar refractivity (Wildman–Crippen MR) is 128 cm³/mol. The first-order valence-electron chi connectivity index (χ1n) is 10.2. The number of anilines is 1. The van der Waals surface area contributed by atoms with E-state index < -0.39 is 27.8 Å². The molecule has 0 spiro atoms. The van der Waals surface area contributed by atoms with Crippen molar-refractivity contribution in [3.8, 4) is 0 Å². The number of halogens is 2. The Labute approximate surface area is 201 Å². The fourth-order valence-electron chi connectivity index (χ4n) is 3.37. The molecule has 1 heterocycles. The highest BCUT2D eigenvalue weighted by atomic mass is 35.5. The SMILES string of the molecule is Cn1ccnc1[C@H](NC(=O)c1cccc(S(=O)(=O)Nc2ccccc2F)c1)c1ccc(Cl)cc1. The van der Waals surface area contributed by atoms with Gasteiger partial charge in [0, 0.05) is 30.0 Å². The van der Waals surface area contributed by atoms with Gasteiger partial charge >= 0.3 is 0 Å². The Morgan fingerprint density at radius 2 is 1.79 bits per heavy atom. The van der Waals surface area contributed by atoms with Gasteiger partial charge < -0.3 is 9.88 Å². The van der Waals surface area contributed by atoms with Crippen LogP contribution >= 0.6 is 11.6 Å².